The SMILES string of the molecule is CCOC(=O)c1ccc(CN(CC#Cc2ccc(C(=O)N3CCCC3)c(C)c2)c2cccc(C(=N)N)c2)cc1.Cl. The Morgan fingerprint density at radius 1 is 1.02 bits per heavy atom. The Hall–Kier alpha value is -4.28. The monoisotopic (exact) mass is 558 g/mol. The summed E-state index contributed by atoms with van der Waals surface area (Å²) in [7, 11) is 0. The Labute approximate surface area is 242 Å². The number of hydrogen-bond acceptors (Lipinski definition) is 5. The number of nitrogens with two attached hydrogens (primary N) is 1. The molecular weight excluding hydrogens is 524 g/mol. The second-order valence-electron chi connectivity index (χ2n) is 9.57. The molecule has 0 atom stereocenters. The van der Waals surface area contributed by atoms with E-state index in [9.17, 15) is 9.59 Å². The first-order chi connectivity index (χ1) is 18.9. The number of nitrogens with zero attached hydrogens (tertiary/aromatic N) is 2. The molecule has 0 radical (unpaired) electrons. The molecule has 1 amide bonds. The molecule has 0 aliphatic carbocycles. The number of nitrogen functional groups attached to an aromatic ring is 1. The fraction of sp³-hybridized carbons (Fsp3) is 0.281. The lowest BCUT2D eigenvalue weighted by Crippen LogP contribution is -2.28. The van der Waals surface area contributed by atoms with Crippen LogP contribution in [0.15, 0.2) is 66.7 Å². The van der Waals surface area contributed by atoms with E-state index in [4.69, 9.17) is 15.9 Å². The number of esters is 1. The Morgan fingerprint density at radius 2 is 1.75 bits per heavy atom. The first kappa shape index (κ1) is 30.3. The highest BCUT2D eigenvalue weighted by Crippen LogP contribution is 2.20. The minimum Gasteiger partial charge on any atom is -0.462 e. The standard InChI is InChI=1S/C32H34N4O3.ClH/c1-3-39-32(38)26-14-11-25(12-15-26)22-36(28-10-6-9-27(21-28)30(33)34)19-7-8-24-13-16-29(23(2)20-24)31(37)35-17-4-5-18-35;/h6,9-16,20-21H,3-5,17-19,22H2,1-2H3,(H3,33,34);1H. The van der Waals surface area contributed by atoms with E-state index in [0.717, 1.165) is 53.9 Å². The van der Waals surface area contributed by atoms with Crippen molar-refractivity contribution in [1.82, 2.24) is 4.90 Å². The third kappa shape index (κ3) is 7.64. The molecule has 1 saturated heterocycles. The van der Waals surface area contributed by atoms with Crippen molar-refractivity contribution in [3.63, 3.8) is 0 Å². The summed E-state index contributed by atoms with van der Waals surface area (Å²) in [5.41, 5.74) is 11.3. The van der Waals surface area contributed by atoms with Crippen LogP contribution in [0.1, 0.15) is 62.7 Å². The van der Waals surface area contributed by atoms with Crippen LogP contribution in [0.5, 0.6) is 0 Å². The zero-order valence-corrected chi connectivity index (χ0v) is 23.7. The van der Waals surface area contributed by atoms with Crippen LogP contribution in [0.2, 0.25) is 0 Å². The average Bonchev–Trinajstić information content (AvgIpc) is 3.48. The largest absolute Gasteiger partial charge is 0.462 e. The lowest BCUT2D eigenvalue weighted by atomic mass is 10.0. The van der Waals surface area contributed by atoms with Gasteiger partial charge in [-0.3, -0.25) is 10.2 Å². The zero-order valence-electron chi connectivity index (χ0n) is 22.9. The van der Waals surface area contributed by atoms with Crippen LogP contribution < -0.4 is 10.6 Å². The van der Waals surface area contributed by atoms with Crippen molar-refractivity contribution in [3.05, 3.63) is 100 Å². The normalized spacial score (nSPS) is 12.1. The highest BCUT2D eigenvalue weighted by atomic mass is 35.5. The second-order valence-corrected chi connectivity index (χ2v) is 9.57. The number of likely N-dealkylation sites (tertiary alicyclic amines) is 1. The average molecular weight is 559 g/mol. The number of carbonyl (C=O) groups is 2. The summed E-state index contributed by atoms with van der Waals surface area (Å²) in [6.45, 7) is 6.68. The van der Waals surface area contributed by atoms with Gasteiger partial charge in [-0.05, 0) is 80.3 Å². The quantitative estimate of drug-likeness (QED) is 0.172. The number of rotatable bonds is 8. The van der Waals surface area contributed by atoms with Gasteiger partial charge < -0.3 is 20.3 Å². The van der Waals surface area contributed by atoms with Gasteiger partial charge in [-0.15, -0.1) is 12.4 Å². The molecule has 0 aromatic heterocycles. The van der Waals surface area contributed by atoms with Crippen LogP contribution in [0.4, 0.5) is 5.69 Å². The molecule has 1 heterocycles. The van der Waals surface area contributed by atoms with Crippen LogP contribution in [-0.2, 0) is 11.3 Å². The number of aryl methyl sites for hydroxylation is 1. The number of carbonyl (C=O) groups excluding carboxylic acids is 2. The number of benzene rings is 3. The highest BCUT2D eigenvalue weighted by molar-refractivity contribution is 5.96. The van der Waals surface area contributed by atoms with Gasteiger partial charge in [-0.25, -0.2) is 4.79 Å². The van der Waals surface area contributed by atoms with E-state index >= 15 is 0 Å². The second kappa shape index (κ2) is 14.2. The summed E-state index contributed by atoms with van der Waals surface area (Å²) in [6.07, 6.45) is 2.13. The van der Waals surface area contributed by atoms with Crippen LogP contribution in [0.3, 0.4) is 0 Å². The molecule has 8 heteroatoms. The fourth-order valence-corrected chi connectivity index (χ4v) is 4.60. The molecule has 40 heavy (non-hydrogen) atoms. The first-order valence-electron chi connectivity index (χ1n) is 13.2. The van der Waals surface area contributed by atoms with Gasteiger partial charge >= 0.3 is 5.97 Å². The lowest BCUT2D eigenvalue weighted by molar-refractivity contribution is 0.0526. The summed E-state index contributed by atoms with van der Waals surface area (Å²) < 4.78 is 5.08. The fourth-order valence-electron chi connectivity index (χ4n) is 4.60. The molecule has 0 bridgehead atoms. The minimum atomic E-state index is -0.343. The predicted molar refractivity (Wildman–Crippen MR) is 161 cm³/mol. The van der Waals surface area contributed by atoms with Gasteiger partial charge in [0.25, 0.3) is 5.91 Å². The summed E-state index contributed by atoms with van der Waals surface area (Å²) in [4.78, 5) is 28.8. The molecular formula is C32H35ClN4O3. The van der Waals surface area contributed by atoms with Gasteiger partial charge in [-0.2, -0.15) is 0 Å². The van der Waals surface area contributed by atoms with E-state index in [1.807, 2.05) is 60.4 Å². The zero-order chi connectivity index (χ0) is 27.8. The third-order valence-corrected chi connectivity index (χ3v) is 6.71. The summed E-state index contributed by atoms with van der Waals surface area (Å²) in [6, 6.07) is 20.6. The van der Waals surface area contributed by atoms with Gasteiger partial charge in [0.15, 0.2) is 0 Å². The number of hydrogen-bond donors (Lipinski definition) is 2. The van der Waals surface area contributed by atoms with E-state index in [-0.39, 0.29) is 30.1 Å². The van der Waals surface area contributed by atoms with Gasteiger partial charge in [-0.1, -0.05) is 36.1 Å². The van der Waals surface area contributed by atoms with Gasteiger partial charge in [0.1, 0.15) is 5.84 Å². The molecule has 0 unspecified atom stereocenters. The van der Waals surface area contributed by atoms with Crippen molar-refractivity contribution in [1.29, 1.82) is 5.41 Å². The number of amidine groups is 1. The highest BCUT2D eigenvalue weighted by Gasteiger charge is 2.20. The molecule has 3 aromatic rings. The van der Waals surface area contributed by atoms with E-state index in [2.05, 4.69) is 16.7 Å². The third-order valence-electron chi connectivity index (χ3n) is 6.71. The van der Waals surface area contributed by atoms with E-state index in [1.54, 1.807) is 25.1 Å². The van der Waals surface area contributed by atoms with Crippen LogP contribution in [0, 0.1) is 24.2 Å². The lowest BCUT2D eigenvalue weighted by Gasteiger charge is -2.23. The van der Waals surface area contributed by atoms with Gasteiger partial charge in [0.05, 0.1) is 18.7 Å². The van der Waals surface area contributed by atoms with Crippen LogP contribution in [0.25, 0.3) is 0 Å². The Bertz CT molecular complexity index is 1420. The molecule has 208 valence electrons. The number of ether oxygens (including phenoxy) is 1. The van der Waals surface area contributed by atoms with E-state index in [1.165, 1.54) is 0 Å². The number of halogens is 1. The molecule has 3 N–H and O–H groups in total. The van der Waals surface area contributed by atoms with Crippen molar-refractivity contribution in [2.75, 3.05) is 31.1 Å². The van der Waals surface area contributed by atoms with Crippen molar-refractivity contribution in [2.45, 2.75) is 33.2 Å². The first-order valence-corrected chi connectivity index (χ1v) is 13.2. The number of nitrogens with one attached hydrogen (secondary N) is 1. The summed E-state index contributed by atoms with van der Waals surface area (Å²) in [5.74, 6) is 6.26. The number of amides is 1. The molecule has 0 spiro atoms. The van der Waals surface area contributed by atoms with Gasteiger partial charge in [0.2, 0.25) is 0 Å². The predicted octanol–water partition coefficient (Wildman–Crippen LogP) is 5.17. The van der Waals surface area contributed by atoms with Crippen LogP contribution in [-0.4, -0.2) is 48.9 Å². The molecule has 3 aromatic carbocycles. The molecule has 4 rings (SSSR count). The van der Waals surface area contributed by atoms with E-state index < -0.39 is 0 Å². The molecule has 7 nitrogen and oxygen atoms in total. The molecule has 0 saturated carbocycles. The Morgan fingerprint density at radius 3 is 2.40 bits per heavy atom. The maximum absolute atomic E-state index is 12.8. The molecule has 1 fully saturated rings. The molecule has 1 aliphatic heterocycles. The van der Waals surface area contributed by atoms with Crippen molar-refractivity contribution >= 4 is 35.8 Å². The number of anilines is 1. The van der Waals surface area contributed by atoms with Crippen LogP contribution >= 0.6 is 12.4 Å². The summed E-state index contributed by atoms with van der Waals surface area (Å²) in [5, 5.41) is 7.83. The Balaban J connectivity index is 0.00000441. The smallest absolute Gasteiger partial charge is 0.338 e. The maximum atomic E-state index is 12.8. The van der Waals surface area contributed by atoms with E-state index in [0.29, 0.717) is 30.8 Å². The minimum absolute atomic E-state index is 0. The maximum Gasteiger partial charge on any atom is 0.338 e. The van der Waals surface area contributed by atoms with Crippen molar-refractivity contribution in [3.8, 4) is 11.8 Å². The summed E-state index contributed by atoms with van der Waals surface area (Å²) >= 11 is 0. The van der Waals surface area contributed by atoms with Crippen molar-refractivity contribution in [2.24, 2.45) is 5.73 Å². The topological polar surface area (TPSA) is 99.7 Å². The Kier molecular flexibility index (Phi) is 10.7. The molecule has 1 aliphatic rings. The van der Waals surface area contributed by atoms with Gasteiger partial charge in [0, 0.05) is 42.0 Å². The van der Waals surface area contributed by atoms with Crippen molar-refractivity contribution < 1.29 is 14.3 Å².